The lowest BCUT2D eigenvalue weighted by Gasteiger charge is -2.23. The topological polar surface area (TPSA) is 20.3 Å². The van der Waals surface area contributed by atoms with Crippen LogP contribution in [0.5, 0.6) is 0 Å². The van der Waals surface area contributed by atoms with Crippen molar-refractivity contribution in [1.29, 1.82) is 0 Å². The van der Waals surface area contributed by atoms with Crippen molar-refractivity contribution in [3.05, 3.63) is 58.0 Å². The van der Waals surface area contributed by atoms with Crippen LogP contribution >= 0.6 is 11.3 Å². The molecule has 4 heteroatoms. The Morgan fingerprint density at radius 1 is 1.18 bits per heavy atom. The molecule has 0 radical (unpaired) electrons. The summed E-state index contributed by atoms with van der Waals surface area (Å²) in [5, 5.41) is 1.99. The molecule has 0 atom stereocenters. The molecular weight excluding hydrogens is 297 g/mol. The van der Waals surface area contributed by atoms with Gasteiger partial charge in [0.2, 0.25) is 5.91 Å². The highest BCUT2D eigenvalue weighted by atomic mass is 32.1. The largest absolute Gasteiger partial charge is 0.338 e. The summed E-state index contributed by atoms with van der Waals surface area (Å²) in [6.07, 6.45) is 3.70. The van der Waals surface area contributed by atoms with Crippen LogP contribution in [0.4, 0.5) is 4.39 Å². The molecule has 0 saturated carbocycles. The number of benzene rings is 1. The summed E-state index contributed by atoms with van der Waals surface area (Å²) < 4.78 is 13.0. The van der Waals surface area contributed by atoms with E-state index in [9.17, 15) is 9.18 Å². The minimum absolute atomic E-state index is 0.142. The molecule has 2 aromatic rings. The summed E-state index contributed by atoms with van der Waals surface area (Å²) in [7, 11) is 0. The van der Waals surface area contributed by atoms with E-state index >= 15 is 0 Å². The summed E-state index contributed by atoms with van der Waals surface area (Å²) in [4.78, 5) is 15.5. The zero-order valence-electron chi connectivity index (χ0n) is 12.9. The molecule has 0 aliphatic carbocycles. The van der Waals surface area contributed by atoms with E-state index in [2.05, 4.69) is 6.92 Å². The van der Waals surface area contributed by atoms with E-state index in [0.29, 0.717) is 13.0 Å². The number of carbonyl (C=O) groups is 1. The number of halogens is 1. The second-order valence-corrected chi connectivity index (χ2v) is 6.44. The van der Waals surface area contributed by atoms with Crippen molar-refractivity contribution >= 4 is 17.2 Å². The number of thiophene rings is 1. The fourth-order valence-corrected chi connectivity index (χ4v) is 3.02. The van der Waals surface area contributed by atoms with Crippen molar-refractivity contribution in [1.82, 2.24) is 4.90 Å². The first-order valence-electron chi connectivity index (χ1n) is 7.73. The first-order valence-corrected chi connectivity index (χ1v) is 8.61. The Hall–Kier alpha value is -1.68. The van der Waals surface area contributed by atoms with Gasteiger partial charge < -0.3 is 4.90 Å². The lowest BCUT2D eigenvalue weighted by molar-refractivity contribution is -0.131. The SMILES string of the molecule is CCCCCN(Cc1ccc(F)cc1)C(=O)Cc1cccs1. The Balaban J connectivity index is 2.00. The van der Waals surface area contributed by atoms with Gasteiger partial charge in [-0.25, -0.2) is 4.39 Å². The summed E-state index contributed by atoms with van der Waals surface area (Å²) >= 11 is 1.61. The maximum absolute atomic E-state index is 13.0. The molecule has 1 aromatic heterocycles. The van der Waals surface area contributed by atoms with Crippen molar-refractivity contribution in [2.24, 2.45) is 0 Å². The van der Waals surface area contributed by atoms with Crippen molar-refractivity contribution in [3.8, 4) is 0 Å². The fraction of sp³-hybridized carbons (Fsp3) is 0.389. The molecule has 2 nitrogen and oxygen atoms in total. The average Bonchev–Trinajstić information content (AvgIpc) is 3.01. The second-order valence-electron chi connectivity index (χ2n) is 5.41. The smallest absolute Gasteiger partial charge is 0.228 e. The van der Waals surface area contributed by atoms with E-state index in [4.69, 9.17) is 0 Å². The predicted molar refractivity (Wildman–Crippen MR) is 89.4 cm³/mol. The summed E-state index contributed by atoms with van der Waals surface area (Å²) in [6, 6.07) is 10.4. The normalized spacial score (nSPS) is 10.6. The highest BCUT2D eigenvalue weighted by molar-refractivity contribution is 7.10. The van der Waals surface area contributed by atoms with Crippen molar-refractivity contribution in [2.45, 2.75) is 39.2 Å². The van der Waals surface area contributed by atoms with Crippen LogP contribution in [0.2, 0.25) is 0 Å². The number of hydrogen-bond donors (Lipinski definition) is 0. The van der Waals surface area contributed by atoms with Gasteiger partial charge in [0, 0.05) is 18.0 Å². The standard InChI is InChI=1S/C18H22FNOS/c1-2-3-4-11-20(14-15-7-9-16(19)10-8-15)18(21)13-17-6-5-12-22-17/h5-10,12H,2-4,11,13-14H2,1H3. The van der Waals surface area contributed by atoms with Gasteiger partial charge in [0.1, 0.15) is 5.82 Å². The number of carbonyl (C=O) groups excluding carboxylic acids is 1. The molecule has 2 rings (SSSR count). The minimum Gasteiger partial charge on any atom is -0.338 e. The van der Waals surface area contributed by atoms with Crippen molar-refractivity contribution in [2.75, 3.05) is 6.54 Å². The number of nitrogens with zero attached hydrogens (tertiary/aromatic N) is 1. The number of rotatable bonds is 8. The van der Waals surface area contributed by atoms with Gasteiger partial charge in [-0.05, 0) is 35.6 Å². The average molecular weight is 319 g/mol. The van der Waals surface area contributed by atoms with E-state index in [1.165, 1.54) is 12.1 Å². The van der Waals surface area contributed by atoms with Crippen LogP contribution in [0.3, 0.4) is 0 Å². The van der Waals surface area contributed by atoms with Crippen molar-refractivity contribution < 1.29 is 9.18 Å². The first-order chi connectivity index (χ1) is 10.7. The molecule has 0 N–H and O–H groups in total. The zero-order valence-corrected chi connectivity index (χ0v) is 13.7. The van der Waals surface area contributed by atoms with Crippen LogP contribution < -0.4 is 0 Å². The van der Waals surface area contributed by atoms with Crippen LogP contribution in [0, 0.1) is 5.82 Å². The van der Waals surface area contributed by atoms with Crippen LogP contribution in [0.15, 0.2) is 41.8 Å². The summed E-state index contributed by atoms with van der Waals surface area (Å²) in [5.41, 5.74) is 0.970. The van der Waals surface area contributed by atoms with E-state index in [1.54, 1.807) is 23.5 Å². The molecular formula is C18H22FNOS. The summed E-state index contributed by atoms with van der Waals surface area (Å²) in [6.45, 7) is 3.46. The molecule has 0 saturated heterocycles. The van der Waals surface area contributed by atoms with Gasteiger partial charge in [-0.1, -0.05) is 38.0 Å². The predicted octanol–water partition coefficient (Wildman–Crippen LogP) is 4.65. The molecule has 0 aliphatic heterocycles. The van der Waals surface area contributed by atoms with Gasteiger partial charge in [-0.3, -0.25) is 4.79 Å². The molecule has 0 aliphatic rings. The zero-order chi connectivity index (χ0) is 15.8. The maximum Gasteiger partial charge on any atom is 0.228 e. The minimum atomic E-state index is -0.244. The number of amides is 1. The molecule has 0 unspecified atom stereocenters. The molecule has 1 aromatic carbocycles. The van der Waals surface area contributed by atoms with Crippen LogP contribution in [-0.2, 0) is 17.8 Å². The van der Waals surface area contributed by atoms with Gasteiger partial charge in [0.05, 0.1) is 6.42 Å². The third kappa shape index (κ3) is 5.26. The lowest BCUT2D eigenvalue weighted by Crippen LogP contribution is -2.32. The Kier molecular flexibility index (Phi) is 6.59. The highest BCUT2D eigenvalue weighted by Gasteiger charge is 2.15. The molecule has 1 amide bonds. The quantitative estimate of drug-likeness (QED) is 0.649. The van der Waals surface area contributed by atoms with Crippen LogP contribution in [0.25, 0.3) is 0 Å². The third-order valence-corrected chi connectivity index (χ3v) is 4.45. The lowest BCUT2D eigenvalue weighted by atomic mass is 10.1. The molecule has 0 fully saturated rings. The molecule has 0 bridgehead atoms. The molecule has 22 heavy (non-hydrogen) atoms. The van der Waals surface area contributed by atoms with E-state index in [-0.39, 0.29) is 11.7 Å². The van der Waals surface area contributed by atoms with E-state index < -0.39 is 0 Å². The first kappa shape index (κ1) is 16.7. The van der Waals surface area contributed by atoms with E-state index in [1.807, 2.05) is 22.4 Å². The van der Waals surface area contributed by atoms with Gasteiger partial charge in [-0.2, -0.15) is 0 Å². The highest BCUT2D eigenvalue weighted by Crippen LogP contribution is 2.14. The van der Waals surface area contributed by atoms with Gasteiger partial charge in [0.25, 0.3) is 0 Å². The Morgan fingerprint density at radius 3 is 2.59 bits per heavy atom. The maximum atomic E-state index is 13.0. The van der Waals surface area contributed by atoms with Crippen molar-refractivity contribution in [3.63, 3.8) is 0 Å². The van der Waals surface area contributed by atoms with E-state index in [0.717, 1.165) is 36.2 Å². The third-order valence-electron chi connectivity index (χ3n) is 3.58. The monoisotopic (exact) mass is 319 g/mol. The van der Waals surface area contributed by atoms with Gasteiger partial charge in [-0.15, -0.1) is 11.3 Å². The second kappa shape index (κ2) is 8.69. The Labute approximate surface area is 135 Å². The Morgan fingerprint density at radius 2 is 1.95 bits per heavy atom. The van der Waals surface area contributed by atoms with Crippen LogP contribution in [0.1, 0.15) is 36.6 Å². The molecule has 118 valence electrons. The number of unbranched alkanes of at least 4 members (excludes halogenated alkanes) is 2. The molecule has 1 heterocycles. The Bertz CT molecular complexity index is 565. The van der Waals surface area contributed by atoms with Gasteiger partial charge >= 0.3 is 0 Å². The number of hydrogen-bond acceptors (Lipinski definition) is 2. The van der Waals surface area contributed by atoms with Gasteiger partial charge in [0.15, 0.2) is 0 Å². The van der Waals surface area contributed by atoms with Crippen LogP contribution in [-0.4, -0.2) is 17.4 Å². The molecule has 0 spiro atoms. The summed E-state index contributed by atoms with van der Waals surface area (Å²) in [5.74, 6) is -0.103. The fourth-order valence-electron chi connectivity index (χ4n) is 2.33.